The van der Waals surface area contributed by atoms with Crippen LogP contribution in [0.15, 0.2) is 65.3 Å². The van der Waals surface area contributed by atoms with Crippen molar-refractivity contribution >= 4 is 46.1 Å². The number of carboxylic acids is 1. The molecule has 9 heteroatoms. The molecular weight excluding hydrogens is 535 g/mol. The molecule has 0 unspecified atom stereocenters. The number of carboxylic acid groups (broad SMARTS) is 1. The van der Waals surface area contributed by atoms with Crippen LogP contribution >= 0.6 is 23.2 Å². The molecule has 1 amide bonds. The summed E-state index contributed by atoms with van der Waals surface area (Å²) in [7, 11) is 0. The maximum absolute atomic E-state index is 13.4. The van der Waals surface area contributed by atoms with Crippen LogP contribution in [0.4, 0.5) is 0 Å². The number of benzene rings is 2. The fraction of sp³-hybridized carbons (Fsp3) is 0.333. The largest absolute Gasteiger partial charge is 0.481 e. The van der Waals surface area contributed by atoms with E-state index in [1.165, 1.54) is 0 Å². The van der Waals surface area contributed by atoms with Gasteiger partial charge in [-0.05, 0) is 68.5 Å². The third kappa shape index (κ3) is 6.43. The van der Waals surface area contributed by atoms with Gasteiger partial charge in [-0.2, -0.15) is 0 Å². The fourth-order valence-electron chi connectivity index (χ4n) is 5.04. The van der Waals surface area contributed by atoms with Crippen LogP contribution in [0.2, 0.25) is 5.02 Å². The average molecular weight is 566 g/mol. The van der Waals surface area contributed by atoms with Crippen molar-refractivity contribution < 1.29 is 14.7 Å². The Hall–Kier alpha value is -3.42. The molecule has 0 bridgehead atoms. The van der Waals surface area contributed by atoms with Crippen LogP contribution < -0.4 is 0 Å². The van der Waals surface area contributed by atoms with Crippen LogP contribution in [0.1, 0.15) is 48.2 Å². The van der Waals surface area contributed by atoms with Gasteiger partial charge in [-0.25, -0.2) is 9.97 Å². The van der Waals surface area contributed by atoms with Gasteiger partial charge in [0, 0.05) is 53.8 Å². The Morgan fingerprint density at radius 2 is 1.69 bits per heavy atom. The number of carbonyl (C=O) groups is 2. The Kier molecular flexibility index (Phi) is 8.48. The number of piperazine rings is 1. The topological polar surface area (TPSA) is 86.6 Å². The highest BCUT2D eigenvalue weighted by Crippen LogP contribution is 2.28. The number of amides is 1. The number of rotatable bonds is 8. The highest BCUT2D eigenvalue weighted by atomic mass is 35.5. The number of hydrogen-bond acceptors (Lipinski definition) is 5. The van der Waals surface area contributed by atoms with Gasteiger partial charge in [0.05, 0.1) is 28.1 Å². The lowest BCUT2D eigenvalue weighted by Gasteiger charge is -2.37. The lowest BCUT2D eigenvalue weighted by Crippen LogP contribution is -2.48. The van der Waals surface area contributed by atoms with Gasteiger partial charge in [0.15, 0.2) is 0 Å². The van der Waals surface area contributed by atoms with Crippen molar-refractivity contribution in [3.63, 3.8) is 0 Å². The number of aliphatic carboxylic acids is 1. The van der Waals surface area contributed by atoms with Crippen molar-refractivity contribution in [3.05, 3.63) is 81.6 Å². The molecule has 0 radical (unpaired) electrons. The zero-order chi connectivity index (χ0) is 27.4. The van der Waals surface area contributed by atoms with Crippen LogP contribution in [0.5, 0.6) is 0 Å². The Labute approximate surface area is 237 Å². The second-order valence-corrected chi connectivity index (χ2v) is 10.7. The standard InChI is InChI=1S/C30H30Cl2N4O3/c31-22-12-9-20(10-13-22)29-25(6-2-4-8-28(37)38)33-26-19-21(11-14-24(26)34-29)30(39)36-17-15-35(16-18-36)27-7-3-1-5-23(27)32/h3,7,9-14,19H,1-2,4-6,8,15-18H2,(H,37,38). The van der Waals surface area contributed by atoms with Crippen molar-refractivity contribution in [2.45, 2.75) is 38.5 Å². The number of aromatic nitrogens is 2. The van der Waals surface area contributed by atoms with Crippen molar-refractivity contribution in [1.29, 1.82) is 0 Å². The molecule has 1 aliphatic heterocycles. The second kappa shape index (κ2) is 12.2. The third-order valence-corrected chi connectivity index (χ3v) is 7.78. The van der Waals surface area contributed by atoms with Gasteiger partial charge in [-0.15, -0.1) is 0 Å². The van der Waals surface area contributed by atoms with Gasteiger partial charge >= 0.3 is 5.97 Å². The fourth-order valence-corrected chi connectivity index (χ4v) is 5.46. The number of nitrogens with zero attached hydrogens (tertiary/aromatic N) is 4. The zero-order valence-corrected chi connectivity index (χ0v) is 23.1. The van der Waals surface area contributed by atoms with Crippen LogP contribution in [0, 0.1) is 0 Å². The average Bonchev–Trinajstić information content (AvgIpc) is 2.95. The van der Waals surface area contributed by atoms with Crippen LogP contribution in [0.3, 0.4) is 0 Å². The molecule has 0 spiro atoms. The molecule has 2 aliphatic rings. The number of allylic oxidation sites excluding steroid dienone is 3. The first-order valence-electron chi connectivity index (χ1n) is 13.3. The SMILES string of the molecule is O=C(O)CCCCc1nc2cc(C(=O)N3CCN(C4=C(Cl)CCC=C4)CC3)ccc2nc1-c1ccc(Cl)cc1. The summed E-state index contributed by atoms with van der Waals surface area (Å²) in [5.74, 6) is -0.834. The Bertz CT molecular complexity index is 1440. The lowest BCUT2D eigenvalue weighted by atomic mass is 10.0. The summed E-state index contributed by atoms with van der Waals surface area (Å²) in [6, 6.07) is 12.9. The molecule has 1 aliphatic carbocycles. The summed E-state index contributed by atoms with van der Waals surface area (Å²) in [5.41, 5.74) is 5.41. The van der Waals surface area contributed by atoms with Crippen molar-refractivity contribution in [3.8, 4) is 11.3 Å². The Morgan fingerprint density at radius 1 is 0.923 bits per heavy atom. The minimum Gasteiger partial charge on any atom is -0.481 e. The van der Waals surface area contributed by atoms with E-state index >= 15 is 0 Å². The highest BCUT2D eigenvalue weighted by Gasteiger charge is 2.25. The quantitative estimate of drug-likeness (QED) is 0.323. The molecular formula is C30H30Cl2N4O3. The van der Waals surface area contributed by atoms with Crippen molar-refractivity contribution in [1.82, 2.24) is 19.8 Å². The van der Waals surface area contributed by atoms with Gasteiger partial charge in [0.2, 0.25) is 0 Å². The monoisotopic (exact) mass is 564 g/mol. The molecule has 1 aromatic heterocycles. The molecule has 0 saturated carbocycles. The van der Waals surface area contributed by atoms with E-state index in [4.69, 9.17) is 38.3 Å². The van der Waals surface area contributed by atoms with Crippen LogP contribution in [-0.2, 0) is 11.2 Å². The van der Waals surface area contributed by atoms with E-state index in [2.05, 4.69) is 17.1 Å². The first-order valence-corrected chi connectivity index (χ1v) is 14.0. The van der Waals surface area contributed by atoms with E-state index in [-0.39, 0.29) is 12.3 Å². The lowest BCUT2D eigenvalue weighted by molar-refractivity contribution is -0.137. The van der Waals surface area contributed by atoms with E-state index in [1.54, 1.807) is 0 Å². The van der Waals surface area contributed by atoms with Gasteiger partial charge in [0.1, 0.15) is 0 Å². The molecule has 1 fully saturated rings. The molecule has 1 saturated heterocycles. The molecule has 5 rings (SSSR count). The molecule has 2 heterocycles. The number of halogens is 2. The number of aryl methyl sites for hydroxylation is 1. The molecule has 1 N–H and O–H groups in total. The minimum atomic E-state index is -0.809. The summed E-state index contributed by atoms with van der Waals surface area (Å²) in [4.78, 5) is 38.3. The molecule has 2 aromatic carbocycles. The molecule has 39 heavy (non-hydrogen) atoms. The van der Waals surface area contributed by atoms with Crippen LogP contribution in [0.25, 0.3) is 22.3 Å². The van der Waals surface area contributed by atoms with Crippen LogP contribution in [-0.4, -0.2) is 62.9 Å². The normalized spacial score (nSPS) is 15.7. The van der Waals surface area contributed by atoms with E-state index < -0.39 is 5.97 Å². The second-order valence-electron chi connectivity index (χ2n) is 9.84. The van der Waals surface area contributed by atoms with Gasteiger partial charge in [-0.1, -0.05) is 41.4 Å². The number of hydrogen-bond donors (Lipinski definition) is 1. The summed E-state index contributed by atoms with van der Waals surface area (Å²) in [6.45, 7) is 2.71. The van der Waals surface area contributed by atoms with E-state index in [9.17, 15) is 9.59 Å². The van der Waals surface area contributed by atoms with Gasteiger partial charge in [-0.3, -0.25) is 9.59 Å². The van der Waals surface area contributed by atoms with Crippen molar-refractivity contribution in [2.24, 2.45) is 0 Å². The Morgan fingerprint density at radius 3 is 2.41 bits per heavy atom. The number of unbranched alkanes of at least 4 members (excludes halogenated alkanes) is 1. The van der Waals surface area contributed by atoms with Gasteiger partial charge < -0.3 is 14.9 Å². The molecule has 3 aromatic rings. The third-order valence-electron chi connectivity index (χ3n) is 7.15. The maximum atomic E-state index is 13.4. The molecule has 202 valence electrons. The zero-order valence-electron chi connectivity index (χ0n) is 21.6. The van der Waals surface area contributed by atoms with E-state index in [0.29, 0.717) is 54.0 Å². The maximum Gasteiger partial charge on any atom is 0.303 e. The minimum absolute atomic E-state index is 0.0256. The number of carbonyl (C=O) groups excluding carboxylic acids is 1. The summed E-state index contributed by atoms with van der Waals surface area (Å²) >= 11 is 12.5. The molecule has 0 atom stereocenters. The van der Waals surface area contributed by atoms with E-state index in [0.717, 1.165) is 53.6 Å². The summed E-state index contributed by atoms with van der Waals surface area (Å²) in [5, 5.41) is 10.5. The highest BCUT2D eigenvalue weighted by molar-refractivity contribution is 6.30. The van der Waals surface area contributed by atoms with E-state index in [1.807, 2.05) is 47.4 Å². The number of fused-ring (bicyclic) bond motifs is 1. The smallest absolute Gasteiger partial charge is 0.303 e. The first kappa shape index (κ1) is 27.2. The van der Waals surface area contributed by atoms with Gasteiger partial charge in [0.25, 0.3) is 5.91 Å². The predicted molar refractivity (Wildman–Crippen MR) is 154 cm³/mol. The summed E-state index contributed by atoms with van der Waals surface area (Å²) in [6.07, 6.45) is 7.99. The Balaban J connectivity index is 1.36. The molecule has 7 nitrogen and oxygen atoms in total. The summed E-state index contributed by atoms with van der Waals surface area (Å²) < 4.78 is 0. The van der Waals surface area contributed by atoms with Crippen molar-refractivity contribution in [2.75, 3.05) is 26.2 Å². The first-order chi connectivity index (χ1) is 18.9. The predicted octanol–water partition coefficient (Wildman–Crippen LogP) is 6.31.